The fourth-order valence-corrected chi connectivity index (χ4v) is 1.65. The number of halogens is 1. The third kappa shape index (κ3) is 2.40. The first kappa shape index (κ1) is 10.7. The van der Waals surface area contributed by atoms with E-state index in [4.69, 9.17) is 5.73 Å². The lowest BCUT2D eigenvalue weighted by molar-refractivity contribution is 0.207. The number of amides is 1. The molecule has 0 saturated heterocycles. The Labute approximate surface area is 99.8 Å². The number of ether oxygens (including phenoxy) is 1. The minimum absolute atomic E-state index is 0.0856. The number of imidazole rings is 1. The van der Waals surface area contributed by atoms with Gasteiger partial charge in [0.2, 0.25) is 0 Å². The van der Waals surface area contributed by atoms with Crippen molar-refractivity contribution in [3.8, 4) is 17.3 Å². The molecule has 16 heavy (non-hydrogen) atoms. The molecule has 5 nitrogen and oxygen atoms in total. The molecule has 0 fully saturated rings. The van der Waals surface area contributed by atoms with Crippen LogP contribution in [0.4, 0.5) is 4.79 Å². The molecule has 0 aliphatic heterocycles. The van der Waals surface area contributed by atoms with E-state index < -0.39 is 6.09 Å². The topological polar surface area (TPSA) is 81.0 Å². The first-order chi connectivity index (χ1) is 7.65. The number of hydrogen-bond donors (Lipinski definition) is 2. The molecule has 0 spiro atoms. The number of primary amides is 1. The summed E-state index contributed by atoms with van der Waals surface area (Å²) in [6.45, 7) is 0. The standard InChI is InChI=1S/C10H8BrN3O2/c11-7-3-1-2-6(4-7)8-5-13-10(14-8)16-9(12)15/h1-5H,(H2,12,15)(H,13,14). The van der Waals surface area contributed by atoms with Crippen molar-refractivity contribution in [2.75, 3.05) is 0 Å². The number of nitrogens with two attached hydrogens (primary N) is 1. The quantitative estimate of drug-likeness (QED) is 0.886. The summed E-state index contributed by atoms with van der Waals surface area (Å²) >= 11 is 3.37. The number of benzene rings is 1. The van der Waals surface area contributed by atoms with Crippen LogP contribution in [0.15, 0.2) is 34.9 Å². The van der Waals surface area contributed by atoms with Gasteiger partial charge in [-0.25, -0.2) is 9.78 Å². The van der Waals surface area contributed by atoms with E-state index in [2.05, 4.69) is 30.6 Å². The Bertz CT molecular complexity index is 524. The minimum atomic E-state index is -0.893. The summed E-state index contributed by atoms with van der Waals surface area (Å²) in [4.78, 5) is 17.2. The van der Waals surface area contributed by atoms with Gasteiger partial charge >= 0.3 is 12.1 Å². The molecule has 82 valence electrons. The number of aromatic amines is 1. The second-order valence-corrected chi connectivity index (χ2v) is 3.95. The molecule has 0 unspecified atom stereocenters. The van der Waals surface area contributed by atoms with E-state index >= 15 is 0 Å². The smallest absolute Gasteiger partial charge is 0.376 e. The van der Waals surface area contributed by atoms with Gasteiger partial charge in [0.1, 0.15) is 0 Å². The lowest BCUT2D eigenvalue weighted by Gasteiger charge is -1.97. The Morgan fingerprint density at radius 2 is 2.31 bits per heavy atom. The molecule has 0 atom stereocenters. The lowest BCUT2D eigenvalue weighted by Crippen LogP contribution is -2.16. The molecule has 0 saturated carbocycles. The van der Waals surface area contributed by atoms with Crippen LogP contribution in [0.5, 0.6) is 6.01 Å². The average Bonchev–Trinajstić information content (AvgIpc) is 2.65. The number of nitrogens with one attached hydrogen (secondary N) is 1. The molecule has 3 N–H and O–H groups in total. The maximum atomic E-state index is 10.5. The number of hydrogen-bond acceptors (Lipinski definition) is 3. The van der Waals surface area contributed by atoms with Gasteiger partial charge in [0.15, 0.2) is 0 Å². The van der Waals surface area contributed by atoms with Crippen LogP contribution in [0.1, 0.15) is 0 Å². The summed E-state index contributed by atoms with van der Waals surface area (Å²) in [5.74, 6) is 0. The van der Waals surface area contributed by atoms with E-state index in [9.17, 15) is 4.79 Å². The van der Waals surface area contributed by atoms with Crippen molar-refractivity contribution in [1.29, 1.82) is 0 Å². The van der Waals surface area contributed by atoms with Crippen molar-refractivity contribution in [2.45, 2.75) is 0 Å². The van der Waals surface area contributed by atoms with Crippen LogP contribution in [0.3, 0.4) is 0 Å². The van der Waals surface area contributed by atoms with Crippen LogP contribution in [-0.4, -0.2) is 16.1 Å². The van der Waals surface area contributed by atoms with Crippen molar-refractivity contribution >= 4 is 22.0 Å². The van der Waals surface area contributed by atoms with Gasteiger partial charge in [0, 0.05) is 10.0 Å². The number of nitrogens with zero attached hydrogens (tertiary/aromatic N) is 1. The predicted molar refractivity (Wildman–Crippen MR) is 61.9 cm³/mol. The second-order valence-electron chi connectivity index (χ2n) is 3.03. The number of H-pyrrole nitrogens is 1. The van der Waals surface area contributed by atoms with E-state index in [-0.39, 0.29) is 6.01 Å². The normalized spacial score (nSPS) is 10.1. The van der Waals surface area contributed by atoms with Crippen LogP contribution >= 0.6 is 15.9 Å². The zero-order valence-electron chi connectivity index (χ0n) is 8.11. The first-order valence-corrected chi connectivity index (χ1v) is 5.22. The number of aromatic nitrogens is 2. The zero-order valence-corrected chi connectivity index (χ0v) is 9.69. The molecule has 2 aromatic rings. The molecule has 1 aromatic heterocycles. The van der Waals surface area contributed by atoms with E-state index in [1.54, 1.807) is 6.20 Å². The van der Waals surface area contributed by atoms with Crippen molar-refractivity contribution in [3.63, 3.8) is 0 Å². The maximum absolute atomic E-state index is 10.5. The monoisotopic (exact) mass is 281 g/mol. The van der Waals surface area contributed by atoms with Gasteiger partial charge in [-0.05, 0) is 12.1 Å². The number of rotatable bonds is 2. The molecule has 6 heteroatoms. The van der Waals surface area contributed by atoms with Crippen molar-refractivity contribution in [2.24, 2.45) is 5.73 Å². The summed E-state index contributed by atoms with van der Waals surface area (Å²) in [5, 5.41) is 0. The molecule has 0 aliphatic carbocycles. The van der Waals surface area contributed by atoms with Crippen LogP contribution in [-0.2, 0) is 0 Å². The largest absolute Gasteiger partial charge is 0.412 e. The van der Waals surface area contributed by atoms with Gasteiger partial charge in [0.25, 0.3) is 0 Å². The molecular formula is C10H8BrN3O2. The number of carbonyl (C=O) groups is 1. The van der Waals surface area contributed by atoms with Gasteiger partial charge < -0.3 is 15.5 Å². The fraction of sp³-hybridized carbons (Fsp3) is 0. The summed E-state index contributed by atoms with van der Waals surface area (Å²) in [6, 6.07) is 7.73. The Balaban J connectivity index is 2.28. The van der Waals surface area contributed by atoms with E-state index in [1.807, 2.05) is 24.3 Å². The minimum Gasteiger partial charge on any atom is -0.376 e. The highest BCUT2D eigenvalue weighted by atomic mass is 79.9. The molecule has 0 bridgehead atoms. The van der Waals surface area contributed by atoms with Crippen LogP contribution in [0.25, 0.3) is 11.3 Å². The predicted octanol–water partition coefficient (Wildman–Crippen LogP) is 2.30. The van der Waals surface area contributed by atoms with Crippen LogP contribution in [0, 0.1) is 0 Å². The zero-order chi connectivity index (χ0) is 11.5. The molecule has 2 rings (SSSR count). The Morgan fingerprint density at radius 1 is 1.50 bits per heavy atom. The highest BCUT2D eigenvalue weighted by molar-refractivity contribution is 9.10. The molecule has 1 heterocycles. The van der Waals surface area contributed by atoms with Crippen LogP contribution < -0.4 is 10.5 Å². The molecular weight excluding hydrogens is 274 g/mol. The van der Waals surface area contributed by atoms with Gasteiger partial charge in [-0.1, -0.05) is 28.1 Å². The maximum Gasteiger partial charge on any atom is 0.412 e. The Kier molecular flexibility index (Phi) is 2.91. The van der Waals surface area contributed by atoms with Gasteiger partial charge in [0.05, 0.1) is 11.9 Å². The van der Waals surface area contributed by atoms with E-state index in [0.717, 1.165) is 15.7 Å². The van der Waals surface area contributed by atoms with Gasteiger partial charge in [-0.2, -0.15) is 0 Å². The molecule has 0 aliphatic rings. The number of carbonyl (C=O) groups excluding carboxylic acids is 1. The third-order valence-electron chi connectivity index (χ3n) is 1.89. The summed E-state index contributed by atoms with van der Waals surface area (Å²) in [6.07, 6.45) is 0.676. The average molecular weight is 282 g/mol. The van der Waals surface area contributed by atoms with Crippen molar-refractivity contribution in [1.82, 2.24) is 9.97 Å². The van der Waals surface area contributed by atoms with E-state index in [0.29, 0.717) is 0 Å². The highest BCUT2D eigenvalue weighted by Gasteiger charge is 2.06. The third-order valence-corrected chi connectivity index (χ3v) is 2.38. The fourth-order valence-electron chi connectivity index (χ4n) is 1.25. The Morgan fingerprint density at radius 3 is 3.00 bits per heavy atom. The van der Waals surface area contributed by atoms with Crippen LogP contribution in [0.2, 0.25) is 0 Å². The summed E-state index contributed by atoms with van der Waals surface area (Å²) < 4.78 is 5.56. The Hall–Kier alpha value is -1.82. The van der Waals surface area contributed by atoms with Crippen molar-refractivity contribution in [3.05, 3.63) is 34.9 Å². The summed E-state index contributed by atoms with van der Waals surface area (Å²) in [5.41, 5.74) is 6.55. The van der Waals surface area contributed by atoms with Crippen molar-refractivity contribution < 1.29 is 9.53 Å². The van der Waals surface area contributed by atoms with Gasteiger partial charge in [-0.15, -0.1) is 0 Å². The van der Waals surface area contributed by atoms with Gasteiger partial charge in [-0.3, -0.25) is 0 Å². The molecule has 1 amide bonds. The highest BCUT2D eigenvalue weighted by Crippen LogP contribution is 2.22. The summed E-state index contributed by atoms with van der Waals surface area (Å²) in [7, 11) is 0. The first-order valence-electron chi connectivity index (χ1n) is 4.43. The lowest BCUT2D eigenvalue weighted by atomic mass is 10.2. The second kappa shape index (κ2) is 4.36. The van der Waals surface area contributed by atoms with E-state index in [1.165, 1.54) is 0 Å². The SMILES string of the molecule is NC(=O)Oc1ncc(-c2cccc(Br)c2)[nH]1. The molecule has 1 aromatic carbocycles. The molecule has 0 radical (unpaired) electrons.